The highest BCUT2D eigenvalue weighted by Gasteiger charge is 2.18. The largest absolute Gasteiger partial charge is 0.377 e. The van der Waals surface area contributed by atoms with Crippen LogP contribution < -0.4 is 5.73 Å². The molecule has 2 atom stereocenters. The van der Waals surface area contributed by atoms with Crippen molar-refractivity contribution in [2.75, 3.05) is 12.4 Å². The van der Waals surface area contributed by atoms with E-state index in [1.54, 1.807) is 0 Å². The van der Waals surface area contributed by atoms with Crippen molar-refractivity contribution in [2.24, 2.45) is 5.73 Å². The molecule has 1 aromatic carbocycles. The molecule has 1 saturated heterocycles. The van der Waals surface area contributed by atoms with Crippen molar-refractivity contribution < 1.29 is 8.95 Å². The fraction of sp³-hybridized carbons (Fsp3) is 0.538. The van der Waals surface area contributed by atoms with Crippen LogP contribution in [0.1, 0.15) is 24.0 Å². The summed E-state index contributed by atoms with van der Waals surface area (Å²) in [6.07, 6.45) is 2.35. The Morgan fingerprint density at radius 2 is 2.24 bits per heavy atom. The van der Waals surface area contributed by atoms with Gasteiger partial charge in [-0.25, -0.2) is 0 Å². The minimum Gasteiger partial charge on any atom is -0.377 e. The van der Waals surface area contributed by atoms with E-state index in [1.165, 1.54) is 0 Å². The van der Waals surface area contributed by atoms with Crippen molar-refractivity contribution in [2.45, 2.75) is 31.2 Å². The van der Waals surface area contributed by atoms with E-state index in [1.807, 2.05) is 24.3 Å². The summed E-state index contributed by atoms with van der Waals surface area (Å²) in [5.74, 6) is 1.26. The quantitative estimate of drug-likeness (QED) is 0.866. The first-order chi connectivity index (χ1) is 8.28. The van der Waals surface area contributed by atoms with Gasteiger partial charge in [0, 0.05) is 29.7 Å². The Bertz CT molecular complexity index is 389. The van der Waals surface area contributed by atoms with Gasteiger partial charge in [0.25, 0.3) is 0 Å². The summed E-state index contributed by atoms with van der Waals surface area (Å²) < 4.78 is 17.5. The number of rotatable bonds is 5. The second-order valence-electron chi connectivity index (χ2n) is 4.41. The highest BCUT2D eigenvalue weighted by molar-refractivity contribution is 7.84. The first kappa shape index (κ1) is 12.7. The third kappa shape index (κ3) is 3.91. The van der Waals surface area contributed by atoms with Crippen molar-refractivity contribution in [1.82, 2.24) is 0 Å². The molecule has 4 heteroatoms. The van der Waals surface area contributed by atoms with Gasteiger partial charge in [-0.1, -0.05) is 24.3 Å². The Kier molecular flexibility index (Phi) is 4.71. The lowest BCUT2D eigenvalue weighted by molar-refractivity contribution is 0.128. The Balaban J connectivity index is 1.88. The van der Waals surface area contributed by atoms with Crippen LogP contribution in [0.3, 0.4) is 0 Å². The zero-order valence-corrected chi connectivity index (χ0v) is 10.7. The minimum absolute atomic E-state index is 0.202. The topological polar surface area (TPSA) is 52.3 Å². The van der Waals surface area contributed by atoms with E-state index in [9.17, 15) is 4.21 Å². The fourth-order valence-corrected chi connectivity index (χ4v) is 3.42. The Morgan fingerprint density at radius 3 is 2.94 bits per heavy atom. The van der Waals surface area contributed by atoms with Crippen molar-refractivity contribution in [3.05, 3.63) is 35.4 Å². The molecule has 1 aliphatic rings. The van der Waals surface area contributed by atoms with Crippen LogP contribution in [0.5, 0.6) is 0 Å². The van der Waals surface area contributed by atoms with Crippen molar-refractivity contribution in [1.29, 1.82) is 0 Å². The average Bonchev–Trinajstić information content (AvgIpc) is 2.82. The normalized spacial score (nSPS) is 21.6. The summed E-state index contributed by atoms with van der Waals surface area (Å²) in [4.78, 5) is 0. The van der Waals surface area contributed by atoms with Gasteiger partial charge in [-0.15, -0.1) is 0 Å². The molecule has 0 aliphatic carbocycles. The van der Waals surface area contributed by atoms with Crippen LogP contribution >= 0.6 is 0 Å². The first-order valence-corrected chi connectivity index (χ1v) is 7.51. The maximum Gasteiger partial charge on any atom is 0.0691 e. The van der Waals surface area contributed by atoms with Gasteiger partial charge in [-0.2, -0.15) is 0 Å². The van der Waals surface area contributed by atoms with Crippen LogP contribution in [0, 0.1) is 0 Å². The predicted molar refractivity (Wildman–Crippen MR) is 70.0 cm³/mol. The predicted octanol–water partition coefficient (Wildman–Crippen LogP) is 1.57. The van der Waals surface area contributed by atoms with Crippen LogP contribution in [-0.2, 0) is 27.8 Å². The number of benzene rings is 1. The zero-order valence-electron chi connectivity index (χ0n) is 9.93. The number of nitrogens with two attached hydrogens (primary N) is 1. The molecular weight excluding hydrogens is 234 g/mol. The van der Waals surface area contributed by atoms with Gasteiger partial charge < -0.3 is 10.5 Å². The van der Waals surface area contributed by atoms with Crippen molar-refractivity contribution >= 4 is 10.8 Å². The standard InChI is InChI=1S/C13H19NO2S/c14-8-11-3-1-4-12(7-11)9-17(15)10-13-5-2-6-16-13/h1,3-4,7,13H,2,5-6,8-10,14H2. The minimum atomic E-state index is -0.837. The summed E-state index contributed by atoms with van der Waals surface area (Å²) in [6, 6.07) is 8.01. The smallest absolute Gasteiger partial charge is 0.0691 e. The Labute approximate surface area is 105 Å². The molecule has 17 heavy (non-hydrogen) atoms. The zero-order chi connectivity index (χ0) is 12.1. The molecule has 3 nitrogen and oxygen atoms in total. The van der Waals surface area contributed by atoms with E-state index in [4.69, 9.17) is 10.5 Å². The molecule has 1 aromatic rings. The molecule has 2 rings (SSSR count). The molecule has 0 spiro atoms. The van der Waals surface area contributed by atoms with E-state index in [0.717, 1.165) is 30.6 Å². The summed E-state index contributed by atoms with van der Waals surface area (Å²) >= 11 is 0. The summed E-state index contributed by atoms with van der Waals surface area (Å²) in [7, 11) is -0.837. The summed E-state index contributed by atoms with van der Waals surface area (Å²) in [6.45, 7) is 1.36. The maximum atomic E-state index is 12.0. The van der Waals surface area contributed by atoms with Gasteiger partial charge in [0.2, 0.25) is 0 Å². The number of hydrogen-bond donors (Lipinski definition) is 1. The second kappa shape index (κ2) is 6.28. The number of hydrogen-bond acceptors (Lipinski definition) is 3. The lowest BCUT2D eigenvalue weighted by Gasteiger charge is -2.09. The van der Waals surface area contributed by atoms with Crippen LogP contribution in [-0.4, -0.2) is 22.7 Å². The lowest BCUT2D eigenvalue weighted by Crippen LogP contribution is -2.16. The summed E-state index contributed by atoms with van der Waals surface area (Å²) in [5, 5.41) is 0. The molecule has 2 N–H and O–H groups in total. The monoisotopic (exact) mass is 253 g/mol. The molecule has 94 valence electrons. The maximum absolute atomic E-state index is 12.0. The van der Waals surface area contributed by atoms with Gasteiger partial charge >= 0.3 is 0 Å². The Morgan fingerprint density at radius 1 is 1.41 bits per heavy atom. The van der Waals surface area contributed by atoms with E-state index in [0.29, 0.717) is 18.1 Å². The van der Waals surface area contributed by atoms with Gasteiger partial charge in [0.15, 0.2) is 0 Å². The molecule has 1 fully saturated rings. The third-order valence-electron chi connectivity index (χ3n) is 2.95. The highest BCUT2D eigenvalue weighted by atomic mass is 32.2. The molecule has 0 bridgehead atoms. The summed E-state index contributed by atoms with van der Waals surface area (Å²) in [5.41, 5.74) is 7.78. The van der Waals surface area contributed by atoms with E-state index in [-0.39, 0.29) is 6.10 Å². The molecule has 1 aliphatic heterocycles. The molecule has 0 radical (unpaired) electrons. The molecule has 0 aromatic heterocycles. The first-order valence-electron chi connectivity index (χ1n) is 6.02. The van der Waals surface area contributed by atoms with Gasteiger partial charge in [-0.3, -0.25) is 4.21 Å². The van der Waals surface area contributed by atoms with Crippen LogP contribution in [0.25, 0.3) is 0 Å². The molecule has 0 amide bonds. The van der Waals surface area contributed by atoms with Crippen LogP contribution in [0.4, 0.5) is 0 Å². The SMILES string of the molecule is NCc1cccc(CS(=O)CC2CCCO2)c1. The molecular formula is C13H19NO2S. The van der Waals surface area contributed by atoms with Gasteiger partial charge in [0.05, 0.1) is 11.9 Å². The number of ether oxygens (including phenoxy) is 1. The van der Waals surface area contributed by atoms with Gasteiger partial charge in [-0.05, 0) is 24.0 Å². The van der Waals surface area contributed by atoms with E-state index >= 15 is 0 Å². The van der Waals surface area contributed by atoms with E-state index in [2.05, 4.69) is 0 Å². The lowest BCUT2D eigenvalue weighted by atomic mass is 10.1. The third-order valence-corrected chi connectivity index (χ3v) is 4.35. The fourth-order valence-electron chi connectivity index (χ4n) is 2.07. The average molecular weight is 253 g/mol. The van der Waals surface area contributed by atoms with Crippen LogP contribution in [0.15, 0.2) is 24.3 Å². The molecule has 0 saturated carbocycles. The van der Waals surface area contributed by atoms with Crippen LogP contribution in [0.2, 0.25) is 0 Å². The molecule has 1 heterocycles. The Hall–Kier alpha value is -0.710. The molecule has 2 unspecified atom stereocenters. The van der Waals surface area contributed by atoms with Crippen molar-refractivity contribution in [3.8, 4) is 0 Å². The highest BCUT2D eigenvalue weighted by Crippen LogP contribution is 2.15. The van der Waals surface area contributed by atoms with Gasteiger partial charge in [0.1, 0.15) is 0 Å². The van der Waals surface area contributed by atoms with Crippen molar-refractivity contribution in [3.63, 3.8) is 0 Å². The van der Waals surface area contributed by atoms with E-state index < -0.39 is 10.8 Å². The second-order valence-corrected chi connectivity index (χ2v) is 5.91.